The van der Waals surface area contributed by atoms with Gasteiger partial charge < -0.3 is 23.9 Å². The third kappa shape index (κ3) is 8.32. The Morgan fingerprint density at radius 2 is 1.76 bits per heavy atom. The molecule has 8 nitrogen and oxygen atoms in total. The Bertz CT molecular complexity index is 1570. The normalized spacial score (nSPS) is 11.0. The molecule has 41 heavy (non-hydrogen) atoms. The maximum Gasteiger partial charge on any atom is 0.349 e. The summed E-state index contributed by atoms with van der Waals surface area (Å²) in [6.45, 7) is 3.06. The van der Waals surface area contributed by atoms with Crippen molar-refractivity contribution >= 4 is 28.9 Å². The number of unbranched alkanes of at least 4 members (excludes halogenated alkanes) is 3. The van der Waals surface area contributed by atoms with Crippen LogP contribution in [0.25, 0.3) is 17.0 Å². The van der Waals surface area contributed by atoms with Crippen molar-refractivity contribution in [3.8, 4) is 17.2 Å². The highest BCUT2D eigenvalue weighted by atomic mass is 16.5. The van der Waals surface area contributed by atoms with E-state index >= 15 is 0 Å². The van der Waals surface area contributed by atoms with Gasteiger partial charge in [-0.2, -0.15) is 0 Å². The summed E-state index contributed by atoms with van der Waals surface area (Å²) < 4.78 is 22.0. The van der Waals surface area contributed by atoms with Gasteiger partial charge in [0.1, 0.15) is 16.9 Å². The van der Waals surface area contributed by atoms with Crippen molar-refractivity contribution in [3.63, 3.8) is 0 Å². The van der Waals surface area contributed by atoms with Gasteiger partial charge >= 0.3 is 11.6 Å². The number of ether oxygens (including phenoxy) is 3. The van der Waals surface area contributed by atoms with Crippen LogP contribution in [0.5, 0.6) is 17.2 Å². The summed E-state index contributed by atoms with van der Waals surface area (Å²) >= 11 is 0. The van der Waals surface area contributed by atoms with Crippen LogP contribution in [0, 0.1) is 0 Å². The molecule has 0 saturated heterocycles. The Balaban J connectivity index is 1.37. The number of hydrogen-bond acceptors (Lipinski definition) is 7. The number of amides is 1. The first kappa shape index (κ1) is 29.1. The van der Waals surface area contributed by atoms with E-state index in [2.05, 4.69) is 12.2 Å². The predicted molar refractivity (Wildman–Crippen MR) is 157 cm³/mol. The van der Waals surface area contributed by atoms with Gasteiger partial charge in [-0.05, 0) is 54.0 Å². The maximum atomic E-state index is 12.6. The molecule has 8 heteroatoms. The second kappa shape index (κ2) is 14.5. The van der Waals surface area contributed by atoms with Crippen LogP contribution in [0.4, 0.5) is 0 Å². The molecule has 0 bridgehead atoms. The van der Waals surface area contributed by atoms with Crippen LogP contribution in [0.3, 0.4) is 0 Å². The van der Waals surface area contributed by atoms with Crippen molar-refractivity contribution in [2.45, 2.75) is 39.2 Å². The lowest BCUT2D eigenvalue weighted by Gasteiger charge is -2.11. The van der Waals surface area contributed by atoms with Gasteiger partial charge in [0, 0.05) is 24.1 Å². The molecule has 0 saturated carbocycles. The molecule has 0 spiro atoms. The van der Waals surface area contributed by atoms with Gasteiger partial charge in [-0.15, -0.1) is 0 Å². The zero-order valence-corrected chi connectivity index (χ0v) is 23.2. The number of carbonyl (C=O) groups excluding carboxylic acids is 2. The fourth-order valence-corrected chi connectivity index (χ4v) is 4.12. The predicted octanol–water partition coefficient (Wildman–Crippen LogP) is 6.31. The van der Waals surface area contributed by atoms with E-state index in [9.17, 15) is 14.4 Å². The molecule has 4 aromatic rings. The van der Waals surface area contributed by atoms with Crippen molar-refractivity contribution in [1.29, 1.82) is 0 Å². The van der Waals surface area contributed by atoms with Crippen molar-refractivity contribution in [3.05, 3.63) is 106 Å². The summed E-state index contributed by atoms with van der Waals surface area (Å²) in [7, 11) is 1.57. The van der Waals surface area contributed by atoms with E-state index in [1.807, 2.05) is 42.5 Å². The Hall–Kier alpha value is -4.85. The topological polar surface area (TPSA) is 104 Å². The third-order valence-electron chi connectivity index (χ3n) is 6.32. The molecule has 1 amide bonds. The summed E-state index contributed by atoms with van der Waals surface area (Å²) in [4.78, 5) is 37.5. The van der Waals surface area contributed by atoms with Gasteiger partial charge in [0.25, 0.3) is 5.91 Å². The zero-order chi connectivity index (χ0) is 29.0. The lowest BCUT2D eigenvalue weighted by Crippen LogP contribution is -2.27. The average molecular weight is 556 g/mol. The highest BCUT2D eigenvalue weighted by Gasteiger charge is 2.14. The molecule has 0 radical (unpaired) electrons. The molecule has 0 unspecified atom stereocenters. The van der Waals surface area contributed by atoms with Crippen molar-refractivity contribution < 1.29 is 28.2 Å². The number of benzene rings is 3. The van der Waals surface area contributed by atoms with Crippen LogP contribution in [0.15, 0.2) is 88.1 Å². The van der Waals surface area contributed by atoms with Gasteiger partial charge in [0.15, 0.2) is 11.5 Å². The Morgan fingerprint density at radius 1 is 0.927 bits per heavy atom. The highest BCUT2D eigenvalue weighted by molar-refractivity contribution is 5.97. The van der Waals surface area contributed by atoms with Crippen LogP contribution in [0.1, 0.15) is 54.1 Å². The molecule has 1 heterocycles. The van der Waals surface area contributed by atoms with E-state index < -0.39 is 17.5 Å². The second-order valence-corrected chi connectivity index (χ2v) is 9.39. The number of hydrogen-bond donors (Lipinski definition) is 1. The lowest BCUT2D eigenvalue weighted by atomic mass is 10.1. The molecular weight excluding hydrogens is 522 g/mol. The van der Waals surface area contributed by atoms with E-state index in [-0.39, 0.29) is 23.4 Å². The smallest absolute Gasteiger partial charge is 0.349 e. The Labute approximate surface area is 238 Å². The second-order valence-electron chi connectivity index (χ2n) is 9.39. The molecule has 1 N–H and O–H groups in total. The summed E-state index contributed by atoms with van der Waals surface area (Å²) in [5.74, 6) is 0.278. The van der Waals surface area contributed by atoms with E-state index in [4.69, 9.17) is 18.6 Å². The molecule has 0 aliphatic carbocycles. The summed E-state index contributed by atoms with van der Waals surface area (Å²) in [6.07, 6.45) is 7.36. The maximum absolute atomic E-state index is 12.6. The fraction of sp³-hybridized carbons (Fsp3) is 0.242. The number of rotatable bonds is 13. The zero-order valence-electron chi connectivity index (χ0n) is 23.2. The first-order valence-corrected chi connectivity index (χ1v) is 13.6. The van der Waals surface area contributed by atoms with Gasteiger partial charge in [0.05, 0.1) is 13.7 Å². The minimum absolute atomic E-state index is 0.107. The van der Waals surface area contributed by atoms with Crippen LogP contribution in [-0.4, -0.2) is 25.6 Å². The van der Waals surface area contributed by atoms with Gasteiger partial charge in [-0.1, -0.05) is 62.6 Å². The largest absolute Gasteiger partial charge is 0.493 e. The van der Waals surface area contributed by atoms with Gasteiger partial charge in [-0.3, -0.25) is 4.79 Å². The van der Waals surface area contributed by atoms with E-state index in [1.54, 1.807) is 31.4 Å². The number of carbonyl (C=O) groups is 2. The van der Waals surface area contributed by atoms with Crippen LogP contribution >= 0.6 is 0 Å². The summed E-state index contributed by atoms with van der Waals surface area (Å²) in [5.41, 5.74) is 0.946. The van der Waals surface area contributed by atoms with Crippen molar-refractivity contribution in [2.75, 3.05) is 13.7 Å². The number of methoxy groups -OCH3 is 1. The monoisotopic (exact) mass is 555 g/mol. The fourth-order valence-electron chi connectivity index (χ4n) is 4.12. The molecule has 1 aromatic heterocycles. The molecule has 3 aromatic carbocycles. The molecule has 0 fully saturated rings. The summed E-state index contributed by atoms with van der Waals surface area (Å²) in [6, 6.07) is 20.9. The molecule has 0 aliphatic heterocycles. The first-order valence-electron chi connectivity index (χ1n) is 13.6. The number of fused-ring (bicyclic) bond motifs is 1. The average Bonchev–Trinajstić information content (AvgIpc) is 2.99. The summed E-state index contributed by atoms with van der Waals surface area (Å²) in [5, 5.41) is 3.24. The standard InChI is InChI=1S/C33H33NO7/c1-3-4-5-9-18-39-28-16-12-23(19-30(28)38-2)13-17-31(35)40-26-15-14-25-20-27(33(37)41-29(25)21-26)32(36)34-22-24-10-7-6-8-11-24/h6-8,10-17,19-21H,3-5,9,18,22H2,1-2H3,(H,34,36)/b17-13+. The van der Waals surface area contributed by atoms with Crippen molar-refractivity contribution in [2.24, 2.45) is 0 Å². The van der Waals surface area contributed by atoms with E-state index in [1.165, 1.54) is 31.1 Å². The molecule has 212 valence electrons. The number of nitrogens with one attached hydrogen (secondary N) is 1. The highest BCUT2D eigenvalue weighted by Crippen LogP contribution is 2.29. The Morgan fingerprint density at radius 3 is 2.54 bits per heavy atom. The quantitative estimate of drug-likeness (QED) is 0.0678. The molecule has 0 atom stereocenters. The SMILES string of the molecule is CCCCCCOc1ccc(/C=C/C(=O)Oc2ccc3cc(C(=O)NCc4ccccc4)c(=O)oc3c2)cc1OC. The van der Waals surface area contributed by atoms with E-state index in [0.717, 1.165) is 24.0 Å². The first-order chi connectivity index (χ1) is 20.0. The molecular formula is C33H33NO7. The lowest BCUT2D eigenvalue weighted by molar-refractivity contribution is -0.128. The van der Waals surface area contributed by atoms with Crippen LogP contribution in [0.2, 0.25) is 0 Å². The Kier molecular flexibility index (Phi) is 10.3. The number of esters is 1. The van der Waals surface area contributed by atoms with Gasteiger partial charge in [0.2, 0.25) is 0 Å². The van der Waals surface area contributed by atoms with Gasteiger partial charge in [-0.25, -0.2) is 9.59 Å². The van der Waals surface area contributed by atoms with Crippen LogP contribution in [-0.2, 0) is 11.3 Å². The minimum Gasteiger partial charge on any atom is -0.493 e. The molecule has 4 rings (SSSR count). The minimum atomic E-state index is -0.784. The van der Waals surface area contributed by atoms with Crippen LogP contribution < -0.4 is 25.2 Å². The molecule has 0 aliphatic rings. The third-order valence-corrected chi connectivity index (χ3v) is 6.32. The van der Waals surface area contributed by atoms with Crippen molar-refractivity contribution in [1.82, 2.24) is 5.32 Å². The van der Waals surface area contributed by atoms with E-state index in [0.29, 0.717) is 23.5 Å².